The third-order valence-electron chi connectivity index (χ3n) is 3.31. The highest BCUT2D eigenvalue weighted by Gasteiger charge is 2.34. The van der Waals surface area contributed by atoms with Crippen molar-refractivity contribution in [2.75, 3.05) is 40.5 Å². The number of hydrogen-bond donors (Lipinski definition) is 2. The summed E-state index contributed by atoms with van der Waals surface area (Å²) in [6.45, 7) is 1.78. The van der Waals surface area contributed by atoms with Gasteiger partial charge in [0.2, 0.25) is 0 Å². The molecule has 7 nitrogen and oxygen atoms in total. The van der Waals surface area contributed by atoms with Gasteiger partial charge in [-0.05, 0) is 18.8 Å². The summed E-state index contributed by atoms with van der Waals surface area (Å²) in [4.78, 5) is 24.6. The highest BCUT2D eigenvalue weighted by Crippen LogP contribution is 2.34. The van der Waals surface area contributed by atoms with E-state index in [4.69, 9.17) is 14.6 Å². The summed E-state index contributed by atoms with van der Waals surface area (Å²) in [6, 6.07) is -0.537. The number of urea groups is 1. The fourth-order valence-electron chi connectivity index (χ4n) is 1.99. The van der Waals surface area contributed by atoms with Crippen molar-refractivity contribution in [3.05, 3.63) is 0 Å². The van der Waals surface area contributed by atoms with Gasteiger partial charge < -0.3 is 24.8 Å². The monoisotopic (exact) mass is 288 g/mol. The molecule has 1 saturated carbocycles. The number of methoxy groups -OCH3 is 2. The van der Waals surface area contributed by atoms with E-state index < -0.39 is 5.97 Å². The number of ether oxygens (including phenoxy) is 2. The van der Waals surface area contributed by atoms with Crippen molar-refractivity contribution in [2.24, 2.45) is 5.92 Å². The van der Waals surface area contributed by atoms with E-state index in [0.717, 1.165) is 12.8 Å². The summed E-state index contributed by atoms with van der Waals surface area (Å²) in [6.07, 6.45) is 1.93. The van der Waals surface area contributed by atoms with E-state index >= 15 is 0 Å². The van der Waals surface area contributed by atoms with Crippen molar-refractivity contribution in [1.82, 2.24) is 10.2 Å². The van der Waals surface area contributed by atoms with Crippen LogP contribution in [0.4, 0.5) is 4.79 Å². The molecule has 1 aliphatic rings. The van der Waals surface area contributed by atoms with E-state index in [9.17, 15) is 9.59 Å². The summed E-state index contributed by atoms with van der Waals surface area (Å²) in [5.74, 6) is -0.593. The first-order valence-electron chi connectivity index (χ1n) is 6.83. The lowest BCUT2D eigenvalue weighted by Crippen LogP contribution is -2.48. The third kappa shape index (κ3) is 6.21. The van der Waals surface area contributed by atoms with E-state index in [1.165, 1.54) is 0 Å². The maximum Gasteiger partial charge on any atom is 0.317 e. The Morgan fingerprint density at radius 3 is 2.20 bits per heavy atom. The molecule has 0 aliphatic heterocycles. The average Bonchev–Trinajstić information content (AvgIpc) is 3.21. The topological polar surface area (TPSA) is 88.1 Å². The van der Waals surface area contributed by atoms with Crippen molar-refractivity contribution >= 4 is 12.0 Å². The molecule has 1 atom stereocenters. The molecule has 1 fully saturated rings. The number of carbonyl (C=O) groups excluding carboxylic acids is 1. The molecule has 0 bridgehead atoms. The zero-order chi connectivity index (χ0) is 15.0. The fraction of sp³-hybridized carbons (Fsp3) is 0.846. The van der Waals surface area contributed by atoms with Crippen molar-refractivity contribution in [3.63, 3.8) is 0 Å². The second-order valence-electron chi connectivity index (χ2n) is 4.96. The lowest BCUT2D eigenvalue weighted by Gasteiger charge is -2.25. The van der Waals surface area contributed by atoms with Gasteiger partial charge in [0.25, 0.3) is 0 Å². The molecule has 7 heteroatoms. The van der Waals surface area contributed by atoms with Crippen LogP contribution in [0, 0.1) is 5.92 Å². The van der Waals surface area contributed by atoms with Crippen molar-refractivity contribution < 1.29 is 24.2 Å². The van der Waals surface area contributed by atoms with Gasteiger partial charge in [0.15, 0.2) is 0 Å². The molecule has 1 aliphatic carbocycles. The first-order valence-corrected chi connectivity index (χ1v) is 6.83. The standard InChI is InChI=1S/C13H24N2O5/c1-19-7-5-15(6-8-20-2)13(18)14-11(9-12(16)17)10-3-4-10/h10-11H,3-9H2,1-2H3,(H,14,18)(H,16,17). The number of aliphatic carboxylic acids is 1. The van der Waals surface area contributed by atoms with Gasteiger partial charge in [-0.3, -0.25) is 4.79 Å². The van der Waals surface area contributed by atoms with Crippen LogP contribution in [0.5, 0.6) is 0 Å². The third-order valence-corrected chi connectivity index (χ3v) is 3.31. The first-order chi connectivity index (χ1) is 9.58. The van der Waals surface area contributed by atoms with Crippen LogP contribution in [-0.2, 0) is 14.3 Å². The van der Waals surface area contributed by atoms with E-state index in [-0.39, 0.29) is 18.5 Å². The Morgan fingerprint density at radius 2 is 1.80 bits per heavy atom. The van der Waals surface area contributed by atoms with Crippen LogP contribution in [0.1, 0.15) is 19.3 Å². The molecule has 0 heterocycles. The Labute approximate surface area is 119 Å². The maximum atomic E-state index is 12.2. The summed E-state index contributed by atoms with van der Waals surface area (Å²) >= 11 is 0. The number of nitrogens with one attached hydrogen (secondary N) is 1. The lowest BCUT2D eigenvalue weighted by atomic mass is 10.1. The van der Waals surface area contributed by atoms with Gasteiger partial charge in [0.1, 0.15) is 0 Å². The maximum absolute atomic E-state index is 12.2. The molecule has 0 radical (unpaired) electrons. The SMILES string of the molecule is COCCN(CCOC)C(=O)NC(CC(=O)O)C1CC1. The van der Waals surface area contributed by atoms with Crippen molar-refractivity contribution in [2.45, 2.75) is 25.3 Å². The van der Waals surface area contributed by atoms with Gasteiger partial charge in [-0.1, -0.05) is 0 Å². The Kier molecular flexibility index (Phi) is 7.32. The predicted octanol–water partition coefficient (Wildman–Crippen LogP) is 0.544. The minimum Gasteiger partial charge on any atom is -0.481 e. The number of carboxylic acid groups (broad SMARTS) is 1. The minimum atomic E-state index is -0.887. The Morgan fingerprint density at radius 1 is 1.25 bits per heavy atom. The number of hydrogen-bond acceptors (Lipinski definition) is 4. The van der Waals surface area contributed by atoms with Gasteiger partial charge in [-0.15, -0.1) is 0 Å². The Bertz CT molecular complexity index is 312. The Balaban J connectivity index is 2.50. The quantitative estimate of drug-likeness (QED) is 0.612. The number of nitrogens with zero attached hydrogens (tertiary/aromatic N) is 1. The molecule has 20 heavy (non-hydrogen) atoms. The van der Waals surface area contributed by atoms with E-state index in [1.54, 1.807) is 19.1 Å². The molecular weight excluding hydrogens is 264 g/mol. The molecule has 0 aromatic rings. The van der Waals surface area contributed by atoms with E-state index in [1.807, 2.05) is 0 Å². The predicted molar refractivity (Wildman–Crippen MR) is 72.6 cm³/mol. The number of carboxylic acids is 1. The summed E-state index contributed by atoms with van der Waals surface area (Å²) < 4.78 is 9.95. The molecule has 1 rings (SSSR count). The second-order valence-corrected chi connectivity index (χ2v) is 4.96. The fourth-order valence-corrected chi connectivity index (χ4v) is 1.99. The summed E-state index contributed by atoms with van der Waals surface area (Å²) in [7, 11) is 3.15. The van der Waals surface area contributed by atoms with Crippen LogP contribution < -0.4 is 5.32 Å². The highest BCUT2D eigenvalue weighted by molar-refractivity contribution is 5.76. The normalized spacial score (nSPS) is 15.7. The van der Waals surface area contributed by atoms with Gasteiger partial charge >= 0.3 is 12.0 Å². The molecular formula is C13H24N2O5. The van der Waals surface area contributed by atoms with Gasteiger partial charge in [-0.2, -0.15) is 0 Å². The molecule has 0 saturated heterocycles. The van der Waals surface area contributed by atoms with Gasteiger partial charge in [-0.25, -0.2) is 4.79 Å². The number of carbonyl (C=O) groups is 2. The molecule has 116 valence electrons. The molecule has 1 unspecified atom stereocenters. The lowest BCUT2D eigenvalue weighted by molar-refractivity contribution is -0.137. The van der Waals surface area contributed by atoms with Crippen LogP contribution in [-0.4, -0.2) is 68.6 Å². The summed E-state index contributed by atoms with van der Waals surface area (Å²) in [5.41, 5.74) is 0. The molecule has 2 amide bonds. The zero-order valence-corrected chi connectivity index (χ0v) is 12.1. The first kappa shape index (κ1) is 16.7. The van der Waals surface area contributed by atoms with E-state index in [0.29, 0.717) is 32.2 Å². The van der Waals surface area contributed by atoms with Crippen molar-refractivity contribution in [1.29, 1.82) is 0 Å². The van der Waals surface area contributed by atoms with Gasteiger partial charge in [0.05, 0.1) is 19.6 Å². The average molecular weight is 288 g/mol. The van der Waals surface area contributed by atoms with Crippen LogP contribution in [0.25, 0.3) is 0 Å². The van der Waals surface area contributed by atoms with Gasteiger partial charge in [0, 0.05) is 33.4 Å². The largest absolute Gasteiger partial charge is 0.481 e. The molecule has 2 N–H and O–H groups in total. The Hall–Kier alpha value is -1.34. The van der Waals surface area contributed by atoms with Crippen LogP contribution in [0.2, 0.25) is 0 Å². The van der Waals surface area contributed by atoms with Crippen LogP contribution in [0.3, 0.4) is 0 Å². The summed E-state index contributed by atoms with van der Waals surface area (Å²) in [5, 5.41) is 11.7. The second kappa shape index (κ2) is 8.76. The zero-order valence-electron chi connectivity index (χ0n) is 12.1. The number of rotatable bonds is 10. The van der Waals surface area contributed by atoms with Crippen LogP contribution in [0.15, 0.2) is 0 Å². The molecule has 0 aromatic carbocycles. The molecule has 0 aromatic heterocycles. The van der Waals surface area contributed by atoms with Crippen LogP contribution >= 0.6 is 0 Å². The highest BCUT2D eigenvalue weighted by atomic mass is 16.5. The minimum absolute atomic E-state index is 0.0290. The molecule has 0 spiro atoms. The van der Waals surface area contributed by atoms with E-state index in [2.05, 4.69) is 5.32 Å². The number of amides is 2. The van der Waals surface area contributed by atoms with Crippen molar-refractivity contribution in [3.8, 4) is 0 Å². The smallest absolute Gasteiger partial charge is 0.317 e.